The molecule has 1 aliphatic heterocycles. The van der Waals surface area contributed by atoms with Crippen LogP contribution in [0.3, 0.4) is 0 Å². The molecule has 152 valence electrons. The van der Waals surface area contributed by atoms with Crippen LogP contribution in [0.2, 0.25) is 0 Å². The number of rotatable bonds is 5. The van der Waals surface area contributed by atoms with Crippen LogP contribution in [0.15, 0.2) is 47.3 Å². The number of quaternary nitrogens is 2. The minimum absolute atomic E-state index is 0.0840. The molecule has 3 N–H and O–H groups in total. The fourth-order valence-corrected chi connectivity index (χ4v) is 4.19. The molecule has 0 amide bonds. The van der Waals surface area contributed by atoms with Gasteiger partial charge in [-0.2, -0.15) is 0 Å². The Labute approximate surface area is 168 Å². The molecule has 0 unspecified atom stereocenters. The number of piperazine rings is 1. The number of para-hydroxylation sites is 1. The number of aromatic amines is 1. The van der Waals surface area contributed by atoms with Crippen LogP contribution in [0.5, 0.6) is 5.75 Å². The molecule has 1 aliphatic rings. The van der Waals surface area contributed by atoms with Gasteiger partial charge in [0.15, 0.2) is 5.82 Å². The predicted octanol–water partition coefficient (Wildman–Crippen LogP) is 0.115. The summed E-state index contributed by atoms with van der Waals surface area (Å²) in [6.07, 6.45) is 0. The van der Waals surface area contributed by atoms with Crippen LogP contribution in [0.4, 0.5) is 4.39 Å². The molecule has 4 rings (SSSR count). The van der Waals surface area contributed by atoms with Crippen molar-refractivity contribution in [2.75, 3.05) is 33.3 Å². The van der Waals surface area contributed by atoms with Gasteiger partial charge >= 0.3 is 0 Å². The predicted molar refractivity (Wildman–Crippen MR) is 109 cm³/mol. The van der Waals surface area contributed by atoms with Crippen molar-refractivity contribution in [3.05, 3.63) is 70.0 Å². The first kappa shape index (κ1) is 19.5. The number of aromatic nitrogens is 2. The molecule has 3 aromatic rings. The zero-order chi connectivity index (χ0) is 20.4. The van der Waals surface area contributed by atoms with Crippen molar-refractivity contribution >= 4 is 10.9 Å². The van der Waals surface area contributed by atoms with Crippen LogP contribution in [-0.4, -0.2) is 43.3 Å². The molecule has 2 heterocycles. The van der Waals surface area contributed by atoms with Crippen molar-refractivity contribution in [2.24, 2.45) is 0 Å². The molecule has 6 nitrogen and oxygen atoms in total. The van der Waals surface area contributed by atoms with Gasteiger partial charge in [0, 0.05) is 0 Å². The molecule has 0 aliphatic carbocycles. The first-order chi connectivity index (χ1) is 14.0. The summed E-state index contributed by atoms with van der Waals surface area (Å²) in [6.45, 7) is 6.72. The summed E-state index contributed by atoms with van der Waals surface area (Å²) in [4.78, 5) is 22.8. The fourth-order valence-electron chi connectivity index (χ4n) is 4.19. The standard InChI is InChI=1S/C22H25FN4O2/c1-15(21-24-19-6-4-3-5-18(19)22(28)25-21)27-11-9-26(10-12-27)14-16-13-17(23)7-8-20(16)29-2/h3-8,13,15H,9-12,14H2,1-2H3,(H,24,25,28)/p+2/t15-/m1/s1. The summed E-state index contributed by atoms with van der Waals surface area (Å²) in [7, 11) is 1.62. The van der Waals surface area contributed by atoms with Crippen molar-refractivity contribution < 1.29 is 18.9 Å². The second-order valence-corrected chi connectivity index (χ2v) is 7.73. The Morgan fingerprint density at radius 1 is 1.17 bits per heavy atom. The second kappa shape index (κ2) is 8.31. The number of nitrogens with zero attached hydrogens (tertiary/aromatic N) is 1. The number of H-pyrrole nitrogens is 1. The Balaban J connectivity index is 1.43. The highest BCUT2D eigenvalue weighted by atomic mass is 19.1. The Morgan fingerprint density at radius 3 is 2.69 bits per heavy atom. The van der Waals surface area contributed by atoms with Gasteiger partial charge in [0.1, 0.15) is 50.3 Å². The van der Waals surface area contributed by atoms with Crippen LogP contribution in [0.25, 0.3) is 10.9 Å². The van der Waals surface area contributed by atoms with Gasteiger partial charge in [-0.15, -0.1) is 0 Å². The highest BCUT2D eigenvalue weighted by molar-refractivity contribution is 5.77. The monoisotopic (exact) mass is 398 g/mol. The third-order valence-electron chi connectivity index (χ3n) is 5.94. The number of benzene rings is 2. The molecule has 1 fully saturated rings. The van der Waals surface area contributed by atoms with Crippen LogP contribution in [-0.2, 0) is 6.54 Å². The van der Waals surface area contributed by atoms with E-state index in [2.05, 4.69) is 16.9 Å². The lowest BCUT2D eigenvalue weighted by Gasteiger charge is -2.33. The van der Waals surface area contributed by atoms with Crippen molar-refractivity contribution in [2.45, 2.75) is 19.5 Å². The molecule has 1 saturated heterocycles. The summed E-state index contributed by atoms with van der Waals surface area (Å²) in [5.41, 5.74) is 1.55. The molecule has 2 aromatic carbocycles. The lowest BCUT2D eigenvalue weighted by Crippen LogP contribution is -3.27. The van der Waals surface area contributed by atoms with Gasteiger partial charge in [-0.25, -0.2) is 9.37 Å². The number of nitrogens with one attached hydrogen (secondary N) is 3. The van der Waals surface area contributed by atoms with Crippen molar-refractivity contribution in [3.63, 3.8) is 0 Å². The number of ether oxygens (including phenoxy) is 1. The Hall–Kier alpha value is -2.77. The Bertz CT molecular complexity index is 1060. The zero-order valence-electron chi connectivity index (χ0n) is 16.8. The number of methoxy groups -OCH3 is 1. The number of fused-ring (bicyclic) bond motifs is 1. The Morgan fingerprint density at radius 2 is 1.93 bits per heavy atom. The molecule has 1 atom stereocenters. The maximum atomic E-state index is 13.6. The molecule has 0 bridgehead atoms. The first-order valence-corrected chi connectivity index (χ1v) is 10.0. The number of hydrogen-bond acceptors (Lipinski definition) is 3. The number of halogens is 1. The fraction of sp³-hybridized carbons (Fsp3) is 0.364. The quantitative estimate of drug-likeness (QED) is 0.572. The average molecular weight is 398 g/mol. The summed E-state index contributed by atoms with van der Waals surface area (Å²) in [6, 6.07) is 12.2. The molecule has 0 spiro atoms. The maximum Gasteiger partial charge on any atom is 0.258 e. The summed E-state index contributed by atoms with van der Waals surface area (Å²) >= 11 is 0. The normalized spacial score (nSPS) is 20.5. The van der Waals surface area contributed by atoms with Gasteiger partial charge in [-0.3, -0.25) is 4.79 Å². The van der Waals surface area contributed by atoms with E-state index < -0.39 is 0 Å². The maximum absolute atomic E-state index is 13.6. The third-order valence-corrected chi connectivity index (χ3v) is 5.94. The molecule has 1 aromatic heterocycles. The lowest BCUT2D eigenvalue weighted by atomic mass is 10.1. The Kier molecular flexibility index (Phi) is 5.60. The van der Waals surface area contributed by atoms with Crippen molar-refractivity contribution in [1.29, 1.82) is 0 Å². The first-order valence-electron chi connectivity index (χ1n) is 10.0. The van der Waals surface area contributed by atoms with Gasteiger partial charge in [-0.1, -0.05) is 12.1 Å². The third kappa shape index (κ3) is 4.16. The van der Waals surface area contributed by atoms with Crippen LogP contribution < -0.4 is 20.1 Å². The van der Waals surface area contributed by atoms with E-state index in [1.54, 1.807) is 25.3 Å². The van der Waals surface area contributed by atoms with Gasteiger partial charge in [0.25, 0.3) is 5.56 Å². The smallest absolute Gasteiger partial charge is 0.258 e. The molecule has 7 heteroatoms. The van der Waals surface area contributed by atoms with E-state index in [1.165, 1.54) is 15.9 Å². The van der Waals surface area contributed by atoms with Gasteiger partial charge < -0.3 is 19.5 Å². The summed E-state index contributed by atoms with van der Waals surface area (Å²) in [5.74, 6) is 1.24. The second-order valence-electron chi connectivity index (χ2n) is 7.73. The van der Waals surface area contributed by atoms with Gasteiger partial charge in [0.05, 0.1) is 23.6 Å². The molecule has 0 saturated carbocycles. The van der Waals surface area contributed by atoms with Crippen LogP contribution >= 0.6 is 0 Å². The highest BCUT2D eigenvalue weighted by Gasteiger charge is 2.30. The van der Waals surface area contributed by atoms with Gasteiger partial charge in [-0.05, 0) is 37.3 Å². The van der Waals surface area contributed by atoms with E-state index in [0.717, 1.165) is 55.4 Å². The van der Waals surface area contributed by atoms with E-state index >= 15 is 0 Å². The van der Waals surface area contributed by atoms with E-state index in [1.807, 2.05) is 18.2 Å². The number of hydrogen-bond donors (Lipinski definition) is 3. The average Bonchev–Trinajstić information content (AvgIpc) is 2.74. The topological polar surface area (TPSA) is 63.9 Å². The molecular weight excluding hydrogens is 371 g/mol. The highest BCUT2D eigenvalue weighted by Crippen LogP contribution is 2.18. The minimum atomic E-state index is -0.232. The molecule has 29 heavy (non-hydrogen) atoms. The van der Waals surface area contributed by atoms with Crippen LogP contribution in [0.1, 0.15) is 24.4 Å². The van der Waals surface area contributed by atoms with Crippen LogP contribution in [0, 0.1) is 5.82 Å². The lowest BCUT2D eigenvalue weighted by molar-refractivity contribution is -1.03. The summed E-state index contributed by atoms with van der Waals surface area (Å²) < 4.78 is 19.0. The largest absolute Gasteiger partial charge is 0.496 e. The van der Waals surface area contributed by atoms with E-state index in [0.29, 0.717) is 5.39 Å². The summed E-state index contributed by atoms with van der Waals surface area (Å²) in [5, 5.41) is 0.622. The van der Waals surface area contributed by atoms with E-state index in [4.69, 9.17) is 4.74 Å². The minimum Gasteiger partial charge on any atom is -0.496 e. The van der Waals surface area contributed by atoms with Crippen molar-refractivity contribution in [1.82, 2.24) is 9.97 Å². The van der Waals surface area contributed by atoms with E-state index in [-0.39, 0.29) is 17.4 Å². The SMILES string of the molecule is COc1ccc(F)cc1C[NH+]1CC[NH+]([C@H](C)c2nc3ccccc3c(=O)[nH]2)CC1. The van der Waals surface area contributed by atoms with E-state index in [9.17, 15) is 9.18 Å². The molecular formula is C22H27FN4O2+2. The molecule has 0 radical (unpaired) electrons. The zero-order valence-corrected chi connectivity index (χ0v) is 16.8. The van der Waals surface area contributed by atoms with Gasteiger partial charge in [0.2, 0.25) is 0 Å². The van der Waals surface area contributed by atoms with Crippen molar-refractivity contribution in [3.8, 4) is 5.75 Å².